The summed E-state index contributed by atoms with van der Waals surface area (Å²) < 4.78 is 1.04. The van der Waals surface area contributed by atoms with Gasteiger partial charge in [0.1, 0.15) is 5.69 Å². The number of benzene rings is 1. The smallest absolute Gasteiger partial charge is 0.336 e. The summed E-state index contributed by atoms with van der Waals surface area (Å²) in [5.41, 5.74) is -0.174. The number of hydrogen-bond donors (Lipinski definition) is 2. The summed E-state index contributed by atoms with van der Waals surface area (Å²) in [6.07, 6.45) is 1.29. The third kappa shape index (κ3) is 3.59. The number of aromatic amines is 1. The van der Waals surface area contributed by atoms with Gasteiger partial charge in [-0.3, -0.25) is 9.89 Å². The molecule has 23 heavy (non-hydrogen) atoms. The Bertz CT molecular complexity index is 891. The number of aromatic nitrogens is 3. The molecular formula is C15H16N4O3S. The van der Waals surface area contributed by atoms with E-state index in [0.29, 0.717) is 5.56 Å². The Morgan fingerprint density at radius 2 is 2.04 bits per heavy atom. The van der Waals surface area contributed by atoms with Crippen molar-refractivity contribution in [3.05, 3.63) is 56.2 Å². The molecule has 8 heteroatoms. The van der Waals surface area contributed by atoms with Crippen molar-refractivity contribution in [3.8, 4) is 0 Å². The number of nitrogens with one attached hydrogen (secondary N) is 1. The van der Waals surface area contributed by atoms with Gasteiger partial charge < -0.3 is 5.11 Å². The first-order valence-electron chi connectivity index (χ1n) is 6.80. The van der Waals surface area contributed by atoms with E-state index < -0.39 is 16.9 Å². The summed E-state index contributed by atoms with van der Waals surface area (Å²) >= 11 is 5.04. The molecule has 0 amide bonds. The highest BCUT2D eigenvalue weighted by Crippen LogP contribution is 2.15. The van der Waals surface area contributed by atoms with Crippen LogP contribution in [0.5, 0.6) is 0 Å². The molecule has 2 N–H and O–H groups in total. The second-order valence-electron chi connectivity index (χ2n) is 5.88. The van der Waals surface area contributed by atoms with E-state index in [4.69, 9.17) is 17.3 Å². The third-order valence-electron chi connectivity index (χ3n) is 3.06. The molecule has 0 aliphatic rings. The Morgan fingerprint density at radius 1 is 1.39 bits per heavy atom. The maximum Gasteiger partial charge on any atom is 0.336 e. The minimum absolute atomic E-state index is 0.0343. The molecule has 0 aliphatic heterocycles. The highest BCUT2D eigenvalue weighted by Gasteiger charge is 2.21. The highest BCUT2D eigenvalue weighted by molar-refractivity contribution is 7.71. The Labute approximate surface area is 137 Å². The van der Waals surface area contributed by atoms with Crippen LogP contribution in [-0.4, -0.2) is 32.2 Å². The van der Waals surface area contributed by atoms with Crippen LogP contribution in [0.2, 0.25) is 0 Å². The molecule has 0 spiro atoms. The fourth-order valence-electron chi connectivity index (χ4n) is 1.91. The summed E-state index contributed by atoms with van der Waals surface area (Å²) in [6, 6.07) is 6.35. The Morgan fingerprint density at radius 3 is 2.65 bits per heavy atom. The van der Waals surface area contributed by atoms with Crippen LogP contribution >= 0.6 is 12.2 Å². The van der Waals surface area contributed by atoms with E-state index in [1.165, 1.54) is 12.3 Å². The van der Waals surface area contributed by atoms with Gasteiger partial charge in [0.15, 0.2) is 0 Å². The van der Waals surface area contributed by atoms with E-state index in [1.54, 1.807) is 18.2 Å². The van der Waals surface area contributed by atoms with Crippen molar-refractivity contribution in [1.29, 1.82) is 0 Å². The molecule has 120 valence electrons. The summed E-state index contributed by atoms with van der Waals surface area (Å²) in [5.74, 6) is -1.07. The van der Waals surface area contributed by atoms with Gasteiger partial charge >= 0.3 is 5.97 Å². The first kappa shape index (κ1) is 16.8. The highest BCUT2D eigenvalue weighted by atomic mass is 32.1. The number of hydrogen-bond acceptors (Lipinski definition) is 5. The van der Waals surface area contributed by atoms with Gasteiger partial charge in [-0.05, 0) is 18.3 Å². The molecule has 0 saturated heterocycles. The Hall–Kier alpha value is -2.61. The van der Waals surface area contributed by atoms with E-state index >= 15 is 0 Å². The fourth-order valence-corrected chi connectivity index (χ4v) is 2.08. The van der Waals surface area contributed by atoms with Crippen molar-refractivity contribution in [2.75, 3.05) is 0 Å². The molecule has 0 fully saturated rings. The largest absolute Gasteiger partial charge is 0.478 e. The van der Waals surface area contributed by atoms with E-state index in [0.717, 1.165) is 4.68 Å². The first-order valence-corrected chi connectivity index (χ1v) is 7.21. The standard InChI is InChI=1S/C15H16N4O3S/c1-15(2,3)11-12(20)19(14(23)18-17-11)16-8-9-6-4-5-7-10(9)13(21)22/h4-8H,1-3H3,(H,18,23)(H,21,22)/b16-8-. The van der Waals surface area contributed by atoms with Gasteiger partial charge in [0.25, 0.3) is 5.56 Å². The molecule has 1 aromatic carbocycles. The van der Waals surface area contributed by atoms with Gasteiger partial charge in [-0.1, -0.05) is 39.0 Å². The lowest BCUT2D eigenvalue weighted by Crippen LogP contribution is -2.32. The van der Waals surface area contributed by atoms with Gasteiger partial charge in [-0.2, -0.15) is 14.9 Å². The lowest BCUT2D eigenvalue weighted by molar-refractivity contribution is 0.0697. The van der Waals surface area contributed by atoms with Gasteiger partial charge in [0.2, 0.25) is 4.77 Å². The number of carboxylic acids is 1. The summed E-state index contributed by atoms with van der Waals surface area (Å²) in [5, 5.41) is 19.8. The van der Waals surface area contributed by atoms with Crippen LogP contribution in [0.3, 0.4) is 0 Å². The van der Waals surface area contributed by atoms with Gasteiger partial charge in [0, 0.05) is 11.0 Å². The van der Waals surface area contributed by atoms with Crippen LogP contribution in [-0.2, 0) is 5.41 Å². The van der Waals surface area contributed by atoms with Crippen molar-refractivity contribution >= 4 is 24.4 Å². The van der Waals surface area contributed by atoms with E-state index in [-0.39, 0.29) is 16.0 Å². The molecule has 2 aromatic rings. The van der Waals surface area contributed by atoms with Crippen LogP contribution in [0.4, 0.5) is 0 Å². The number of nitrogens with zero attached hydrogens (tertiary/aromatic N) is 3. The molecule has 0 aliphatic carbocycles. The predicted molar refractivity (Wildman–Crippen MR) is 88.8 cm³/mol. The van der Waals surface area contributed by atoms with Crippen LogP contribution < -0.4 is 5.56 Å². The maximum absolute atomic E-state index is 12.5. The van der Waals surface area contributed by atoms with Crippen molar-refractivity contribution in [2.45, 2.75) is 26.2 Å². The molecule has 2 rings (SSSR count). The number of carboxylic acid groups (broad SMARTS) is 1. The summed E-state index contributed by atoms with van der Waals surface area (Å²) in [4.78, 5) is 23.6. The molecule has 0 saturated carbocycles. The van der Waals surface area contributed by atoms with Crippen LogP contribution in [0.1, 0.15) is 42.4 Å². The van der Waals surface area contributed by atoms with Gasteiger partial charge in [-0.25, -0.2) is 4.79 Å². The molecule has 0 radical (unpaired) electrons. The predicted octanol–water partition coefficient (Wildman–Crippen LogP) is 2.18. The summed E-state index contributed by atoms with van der Waals surface area (Å²) in [7, 11) is 0. The monoisotopic (exact) mass is 332 g/mol. The molecular weight excluding hydrogens is 316 g/mol. The average Bonchev–Trinajstić information content (AvgIpc) is 2.45. The number of rotatable bonds is 3. The average molecular weight is 332 g/mol. The van der Waals surface area contributed by atoms with Crippen molar-refractivity contribution < 1.29 is 9.90 Å². The zero-order chi connectivity index (χ0) is 17.2. The van der Waals surface area contributed by atoms with E-state index in [2.05, 4.69) is 15.3 Å². The second kappa shape index (κ2) is 6.25. The van der Waals surface area contributed by atoms with Crippen molar-refractivity contribution in [3.63, 3.8) is 0 Å². The third-order valence-corrected chi connectivity index (χ3v) is 3.33. The van der Waals surface area contributed by atoms with Crippen LogP contribution in [0.15, 0.2) is 34.2 Å². The van der Waals surface area contributed by atoms with Crippen molar-refractivity contribution in [2.24, 2.45) is 5.10 Å². The molecule has 0 bridgehead atoms. The number of H-pyrrole nitrogens is 1. The van der Waals surface area contributed by atoms with E-state index in [1.807, 2.05) is 20.8 Å². The first-order chi connectivity index (χ1) is 10.7. The lowest BCUT2D eigenvalue weighted by atomic mass is 9.93. The Balaban J connectivity index is 2.56. The number of carbonyl (C=O) groups is 1. The SMILES string of the molecule is CC(C)(C)c1n[nH]c(=S)n(/N=C\c2ccccc2C(=O)O)c1=O. The number of aromatic carboxylic acids is 1. The van der Waals surface area contributed by atoms with E-state index in [9.17, 15) is 9.59 Å². The normalized spacial score (nSPS) is 11.8. The molecule has 0 unspecified atom stereocenters. The second-order valence-corrected chi connectivity index (χ2v) is 6.27. The molecule has 1 heterocycles. The fraction of sp³-hybridized carbons (Fsp3) is 0.267. The quantitative estimate of drug-likeness (QED) is 0.663. The van der Waals surface area contributed by atoms with Crippen molar-refractivity contribution in [1.82, 2.24) is 14.9 Å². The minimum Gasteiger partial charge on any atom is -0.478 e. The topological polar surface area (TPSA) is 100 Å². The van der Waals surface area contributed by atoms with Gasteiger partial charge in [-0.15, -0.1) is 0 Å². The van der Waals surface area contributed by atoms with Crippen LogP contribution in [0, 0.1) is 4.77 Å². The lowest BCUT2D eigenvalue weighted by Gasteiger charge is -2.16. The Kier molecular flexibility index (Phi) is 4.55. The molecule has 7 nitrogen and oxygen atoms in total. The molecule has 0 atom stereocenters. The summed E-state index contributed by atoms with van der Waals surface area (Å²) in [6.45, 7) is 5.55. The maximum atomic E-state index is 12.5. The molecule has 1 aromatic heterocycles. The van der Waals surface area contributed by atoms with Crippen LogP contribution in [0.25, 0.3) is 0 Å². The zero-order valence-electron chi connectivity index (χ0n) is 12.9. The van der Waals surface area contributed by atoms with Gasteiger partial charge in [0.05, 0.1) is 11.8 Å². The zero-order valence-corrected chi connectivity index (χ0v) is 13.7. The minimum atomic E-state index is -1.07.